The van der Waals surface area contributed by atoms with Gasteiger partial charge in [-0.3, -0.25) is 0 Å². The number of rotatable bonds is 2. The Labute approximate surface area is 79.7 Å². The molecular weight excluding hydrogens is 160 g/mol. The van der Waals surface area contributed by atoms with Gasteiger partial charge in [0.2, 0.25) is 0 Å². The van der Waals surface area contributed by atoms with Gasteiger partial charge in [0.25, 0.3) is 0 Å². The Morgan fingerprint density at radius 2 is 2.31 bits per heavy atom. The molecule has 2 heteroatoms. The highest BCUT2D eigenvalue weighted by Gasteiger charge is 2.15. The SMILES string of the molecule is CCc1cc(CN)c2n1CCCC2. The first-order valence-corrected chi connectivity index (χ1v) is 5.27. The fourth-order valence-electron chi connectivity index (χ4n) is 2.32. The fourth-order valence-corrected chi connectivity index (χ4v) is 2.32. The van der Waals surface area contributed by atoms with E-state index in [1.54, 1.807) is 0 Å². The van der Waals surface area contributed by atoms with Gasteiger partial charge < -0.3 is 10.3 Å². The van der Waals surface area contributed by atoms with Crippen LogP contribution >= 0.6 is 0 Å². The van der Waals surface area contributed by atoms with E-state index in [1.807, 2.05) is 0 Å². The third-order valence-electron chi connectivity index (χ3n) is 3.01. The van der Waals surface area contributed by atoms with Crippen LogP contribution in [-0.2, 0) is 25.9 Å². The van der Waals surface area contributed by atoms with Crippen molar-refractivity contribution in [2.75, 3.05) is 0 Å². The van der Waals surface area contributed by atoms with Gasteiger partial charge in [-0.1, -0.05) is 6.92 Å². The lowest BCUT2D eigenvalue weighted by Gasteiger charge is -2.18. The number of aryl methyl sites for hydroxylation is 1. The van der Waals surface area contributed by atoms with Gasteiger partial charge in [0.1, 0.15) is 0 Å². The second kappa shape index (κ2) is 3.54. The van der Waals surface area contributed by atoms with Gasteiger partial charge in [0.05, 0.1) is 0 Å². The summed E-state index contributed by atoms with van der Waals surface area (Å²) in [6, 6.07) is 2.29. The van der Waals surface area contributed by atoms with Crippen molar-refractivity contribution in [2.45, 2.75) is 45.7 Å². The van der Waals surface area contributed by atoms with Gasteiger partial charge in [-0.15, -0.1) is 0 Å². The highest BCUT2D eigenvalue weighted by molar-refractivity contribution is 5.29. The maximum Gasteiger partial charge on any atom is 0.0225 e. The number of hydrogen-bond donors (Lipinski definition) is 1. The summed E-state index contributed by atoms with van der Waals surface area (Å²) in [5.74, 6) is 0. The summed E-state index contributed by atoms with van der Waals surface area (Å²) in [6.07, 6.45) is 5.03. The first kappa shape index (κ1) is 8.82. The van der Waals surface area contributed by atoms with Crippen molar-refractivity contribution >= 4 is 0 Å². The zero-order valence-corrected chi connectivity index (χ0v) is 8.34. The molecule has 0 unspecified atom stereocenters. The minimum absolute atomic E-state index is 0.704. The van der Waals surface area contributed by atoms with Crippen molar-refractivity contribution in [2.24, 2.45) is 5.73 Å². The first-order chi connectivity index (χ1) is 6.36. The topological polar surface area (TPSA) is 30.9 Å². The van der Waals surface area contributed by atoms with Crippen LogP contribution in [0.5, 0.6) is 0 Å². The van der Waals surface area contributed by atoms with E-state index in [4.69, 9.17) is 5.73 Å². The van der Waals surface area contributed by atoms with Crippen molar-refractivity contribution in [3.8, 4) is 0 Å². The van der Waals surface area contributed by atoms with Crippen LogP contribution in [0.1, 0.15) is 36.7 Å². The van der Waals surface area contributed by atoms with E-state index >= 15 is 0 Å². The standard InChI is InChI=1S/C11H18N2/c1-2-10-7-9(8-12)11-5-3-4-6-13(10)11/h7H,2-6,8,12H2,1H3. The van der Waals surface area contributed by atoms with Crippen molar-refractivity contribution < 1.29 is 0 Å². The van der Waals surface area contributed by atoms with Gasteiger partial charge in [0.15, 0.2) is 0 Å². The van der Waals surface area contributed by atoms with Gasteiger partial charge in [-0.25, -0.2) is 0 Å². The molecule has 72 valence electrons. The maximum atomic E-state index is 5.73. The summed E-state index contributed by atoms with van der Waals surface area (Å²) in [5, 5.41) is 0. The first-order valence-electron chi connectivity index (χ1n) is 5.27. The molecule has 0 saturated heterocycles. The van der Waals surface area contributed by atoms with Crippen LogP contribution in [0.25, 0.3) is 0 Å². The minimum atomic E-state index is 0.704. The Balaban J connectivity index is 2.44. The lowest BCUT2D eigenvalue weighted by Crippen LogP contribution is -2.13. The van der Waals surface area contributed by atoms with Crippen LogP contribution in [0.15, 0.2) is 6.07 Å². The number of fused-ring (bicyclic) bond motifs is 1. The Bertz CT molecular complexity index is 271. The van der Waals surface area contributed by atoms with Gasteiger partial charge >= 0.3 is 0 Å². The van der Waals surface area contributed by atoms with E-state index in [-0.39, 0.29) is 0 Å². The van der Waals surface area contributed by atoms with Crippen molar-refractivity contribution in [3.63, 3.8) is 0 Å². The van der Waals surface area contributed by atoms with E-state index in [0.717, 1.165) is 6.42 Å². The molecule has 0 amide bonds. The number of aromatic nitrogens is 1. The Morgan fingerprint density at radius 3 is 3.00 bits per heavy atom. The van der Waals surface area contributed by atoms with Crippen molar-refractivity contribution in [1.29, 1.82) is 0 Å². The molecule has 0 spiro atoms. The Hall–Kier alpha value is -0.760. The molecule has 0 aromatic carbocycles. The second-order valence-electron chi connectivity index (χ2n) is 3.77. The number of hydrogen-bond acceptors (Lipinski definition) is 1. The third kappa shape index (κ3) is 1.39. The molecule has 2 rings (SSSR count). The van der Waals surface area contributed by atoms with E-state index < -0.39 is 0 Å². The van der Waals surface area contributed by atoms with Crippen LogP contribution in [0.2, 0.25) is 0 Å². The van der Waals surface area contributed by atoms with Crippen LogP contribution < -0.4 is 5.73 Å². The van der Waals surface area contributed by atoms with Gasteiger partial charge in [-0.2, -0.15) is 0 Å². The Kier molecular flexibility index (Phi) is 2.40. The largest absolute Gasteiger partial charge is 0.348 e. The average Bonchev–Trinajstić information content (AvgIpc) is 2.56. The molecule has 0 fully saturated rings. The highest BCUT2D eigenvalue weighted by Crippen LogP contribution is 2.23. The van der Waals surface area contributed by atoms with Gasteiger partial charge in [-0.05, 0) is 37.3 Å². The molecule has 1 aliphatic rings. The van der Waals surface area contributed by atoms with Crippen LogP contribution in [-0.4, -0.2) is 4.57 Å². The third-order valence-corrected chi connectivity index (χ3v) is 3.01. The number of nitrogens with zero attached hydrogens (tertiary/aromatic N) is 1. The van der Waals surface area contributed by atoms with Crippen molar-refractivity contribution in [3.05, 3.63) is 23.0 Å². The monoisotopic (exact) mass is 178 g/mol. The van der Waals surface area contributed by atoms with E-state index in [2.05, 4.69) is 17.6 Å². The summed E-state index contributed by atoms with van der Waals surface area (Å²) >= 11 is 0. The Morgan fingerprint density at radius 1 is 1.46 bits per heavy atom. The predicted octanol–water partition coefficient (Wildman–Crippen LogP) is 1.85. The molecule has 2 heterocycles. The van der Waals surface area contributed by atoms with E-state index in [1.165, 1.54) is 42.8 Å². The molecule has 2 N–H and O–H groups in total. The van der Waals surface area contributed by atoms with Crippen LogP contribution in [0.3, 0.4) is 0 Å². The molecule has 1 aromatic rings. The predicted molar refractivity (Wildman–Crippen MR) is 54.6 cm³/mol. The minimum Gasteiger partial charge on any atom is -0.348 e. The molecule has 1 aliphatic heterocycles. The lowest BCUT2D eigenvalue weighted by atomic mass is 10.1. The molecule has 0 radical (unpaired) electrons. The smallest absolute Gasteiger partial charge is 0.0225 e. The molecule has 0 bridgehead atoms. The zero-order valence-electron chi connectivity index (χ0n) is 8.34. The van der Waals surface area contributed by atoms with E-state index in [9.17, 15) is 0 Å². The fraction of sp³-hybridized carbons (Fsp3) is 0.636. The molecular formula is C11H18N2. The van der Waals surface area contributed by atoms with E-state index in [0.29, 0.717) is 6.54 Å². The molecule has 0 aliphatic carbocycles. The summed E-state index contributed by atoms with van der Waals surface area (Å²) in [5.41, 5.74) is 10.1. The summed E-state index contributed by atoms with van der Waals surface area (Å²) in [7, 11) is 0. The quantitative estimate of drug-likeness (QED) is 0.736. The lowest BCUT2D eigenvalue weighted by molar-refractivity contribution is 0.516. The molecule has 0 saturated carbocycles. The van der Waals surface area contributed by atoms with Crippen molar-refractivity contribution in [1.82, 2.24) is 4.57 Å². The average molecular weight is 178 g/mol. The normalized spacial score (nSPS) is 15.8. The van der Waals surface area contributed by atoms with Crippen LogP contribution in [0, 0.1) is 0 Å². The maximum absolute atomic E-state index is 5.73. The summed E-state index contributed by atoms with van der Waals surface area (Å²) in [6.45, 7) is 4.13. The number of nitrogens with two attached hydrogens (primary N) is 1. The zero-order chi connectivity index (χ0) is 9.26. The molecule has 1 aromatic heterocycles. The molecule has 13 heavy (non-hydrogen) atoms. The van der Waals surface area contributed by atoms with Gasteiger partial charge in [0, 0.05) is 24.5 Å². The molecule has 0 atom stereocenters. The highest BCUT2D eigenvalue weighted by atomic mass is 15.0. The summed E-state index contributed by atoms with van der Waals surface area (Å²) < 4.78 is 2.48. The second-order valence-corrected chi connectivity index (χ2v) is 3.77. The summed E-state index contributed by atoms with van der Waals surface area (Å²) in [4.78, 5) is 0. The van der Waals surface area contributed by atoms with Crippen LogP contribution in [0.4, 0.5) is 0 Å². The molecule has 2 nitrogen and oxygen atoms in total.